The van der Waals surface area contributed by atoms with E-state index in [-0.39, 0.29) is 5.60 Å². The van der Waals surface area contributed by atoms with E-state index in [1.807, 2.05) is 6.92 Å². The van der Waals surface area contributed by atoms with E-state index in [4.69, 9.17) is 9.47 Å². The molecule has 0 bridgehead atoms. The lowest BCUT2D eigenvalue weighted by Crippen LogP contribution is -2.36. The van der Waals surface area contributed by atoms with Crippen LogP contribution in [-0.4, -0.2) is 29.9 Å². The third-order valence-electron chi connectivity index (χ3n) is 3.05. The van der Waals surface area contributed by atoms with Crippen LogP contribution in [-0.2, 0) is 15.1 Å². The Balaban J connectivity index is 2.24. The quantitative estimate of drug-likeness (QED) is 0.898. The summed E-state index contributed by atoms with van der Waals surface area (Å²) in [6.45, 7) is 5.85. The first kappa shape index (κ1) is 13.0. The van der Waals surface area contributed by atoms with Crippen molar-refractivity contribution in [2.45, 2.75) is 38.4 Å². The highest BCUT2D eigenvalue weighted by atomic mass is 32.1. The average molecular weight is 257 g/mol. The van der Waals surface area contributed by atoms with Crippen LogP contribution < -0.4 is 0 Å². The van der Waals surface area contributed by atoms with Gasteiger partial charge in [-0.05, 0) is 13.8 Å². The van der Waals surface area contributed by atoms with Crippen LogP contribution in [0.25, 0.3) is 0 Å². The zero-order chi connectivity index (χ0) is 12.3. The fraction of sp³-hybridized carbons (Fsp3) is 0.750. The summed E-state index contributed by atoms with van der Waals surface area (Å²) in [6, 6.07) is 0. The van der Waals surface area contributed by atoms with Crippen molar-refractivity contribution in [2.75, 3.05) is 19.8 Å². The van der Waals surface area contributed by atoms with E-state index in [0.29, 0.717) is 19.8 Å². The number of ether oxygens (including phenoxy) is 2. The molecule has 96 valence electrons. The van der Waals surface area contributed by atoms with Crippen molar-refractivity contribution >= 4 is 11.3 Å². The number of aliphatic hydroxyl groups excluding tert-OH is 1. The number of aromatic nitrogens is 1. The molecule has 4 nitrogen and oxygen atoms in total. The molecule has 1 unspecified atom stereocenters. The maximum absolute atomic E-state index is 9.55. The van der Waals surface area contributed by atoms with Gasteiger partial charge in [0.25, 0.3) is 0 Å². The lowest BCUT2D eigenvalue weighted by atomic mass is 9.95. The second kappa shape index (κ2) is 5.44. The predicted octanol–water partition coefficient (Wildman–Crippen LogP) is 2.24. The lowest BCUT2D eigenvalue weighted by Gasteiger charge is -2.35. The Morgan fingerprint density at radius 2 is 2.29 bits per heavy atom. The summed E-state index contributed by atoms with van der Waals surface area (Å²) in [7, 11) is 0. The first-order chi connectivity index (χ1) is 8.18. The molecule has 0 radical (unpaired) electrons. The van der Waals surface area contributed by atoms with Crippen LogP contribution in [0.3, 0.4) is 0 Å². The summed E-state index contributed by atoms with van der Waals surface area (Å²) in [4.78, 5) is 5.32. The van der Waals surface area contributed by atoms with E-state index in [2.05, 4.69) is 4.98 Å². The van der Waals surface area contributed by atoms with Gasteiger partial charge in [-0.2, -0.15) is 0 Å². The Bertz CT molecular complexity index is 353. The van der Waals surface area contributed by atoms with Gasteiger partial charge >= 0.3 is 0 Å². The number of hydrogen-bond donors (Lipinski definition) is 1. The zero-order valence-corrected chi connectivity index (χ0v) is 11.1. The van der Waals surface area contributed by atoms with Gasteiger partial charge in [-0.3, -0.25) is 0 Å². The third-order valence-corrected chi connectivity index (χ3v) is 4.40. The number of thiazole rings is 1. The summed E-state index contributed by atoms with van der Waals surface area (Å²) in [5.74, 6) is 0. The van der Waals surface area contributed by atoms with Gasteiger partial charge in [0.05, 0.1) is 11.0 Å². The molecule has 2 heterocycles. The molecule has 1 N–H and O–H groups in total. The van der Waals surface area contributed by atoms with Crippen molar-refractivity contribution < 1.29 is 14.6 Å². The molecule has 0 amide bonds. The molecule has 17 heavy (non-hydrogen) atoms. The van der Waals surface area contributed by atoms with Crippen molar-refractivity contribution in [1.82, 2.24) is 4.98 Å². The highest BCUT2D eigenvalue weighted by molar-refractivity contribution is 7.11. The Kier molecular flexibility index (Phi) is 4.14. The molecule has 1 aromatic rings. The van der Waals surface area contributed by atoms with Crippen LogP contribution in [0, 0.1) is 0 Å². The third kappa shape index (κ3) is 2.68. The lowest BCUT2D eigenvalue weighted by molar-refractivity contribution is -0.112. The Labute approximate surface area is 106 Å². The van der Waals surface area contributed by atoms with Crippen LogP contribution in [0.15, 0.2) is 6.20 Å². The minimum atomic E-state index is -0.459. The van der Waals surface area contributed by atoms with Crippen LogP contribution in [0.4, 0.5) is 0 Å². The first-order valence-electron chi connectivity index (χ1n) is 6.04. The van der Waals surface area contributed by atoms with Crippen LogP contribution in [0.5, 0.6) is 0 Å². The molecule has 2 rings (SSSR count). The first-order valence-corrected chi connectivity index (χ1v) is 6.85. The number of nitrogens with zero attached hydrogens (tertiary/aromatic N) is 1. The monoisotopic (exact) mass is 257 g/mol. The second-order valence-electron chi connectivity index (χ2n) is 4.28. The smallest absolute Gasteiger partial charge is 0.125 e. The van der Waals surface area contributed by atoms with E-state index in [0.717, 1.165) is 22.7 Å². The molecular formula is C12H19NO3S. The van der Waals surface area contributed by atoms with Gasteiger partial charge in [-0.15, -0.1) is 11.3 Å². The van der Waals surface area contributed by atoms with Gasteiger partial charge < -0.3 is 14.6 Å². The van der Waals surface area contributed by atoms with Crippen molar-refractivity contribution in [3.63, 3.8) is 0 Å². The van der Waals surface area contributed by atoms with Crippen molar-refractivity contribution in [3.8, 4) is 0 Å². The topological polar surface area (TPSA) is 51.6 Å². The van der Waals surface area contributed by atoms with Gasteiger partial charge in [0.1, 0.15) is 10.6 Å². The largest absolute Gasteiger partial charge is 0.388 e. The Hall–Kier alpha value is -0.490. The van der Waals surface area contributed by atoms with Crippen LogP contribution in [0.2, 0.25) is 0 Å². The van der Waals surface area contributed by atoms with Crippen molar-refractivity contribution in [2.24, 2.45) is 0 Å². The van der Waals surface area contributed by atoms with Crippen LogP contribution >= 0.6 is 11.3 Å². The number of aliphatic hydroxyl groups is 1. The standard InChI is InChI=1S/C12H19NO3S/c1-3-16-12(4-6-15-7-5-12)11-13-8-10(17-11)9(2)14/h8-9,14H,3-7H2,1-2H3. The van der Waals surface area contributed by atoms with E-state index >= 15 is 0 Å². The van der Waals surface area contributed by atoms with Gasteiger partial charge in [0, 0.05) is 38.9 Å². The molecule has 0 aromatic carbocycles. The molecule has 1 aliphatic heterocycles. The normalized spacial score (nSPS) is 21.4. The summed E-state index contributed by atoms with van der Waals surface area (Å²) in [6.07, 6.45) is 2.97. The molecule has 5 heteroatoms. The fourth-order valence-electron chi connectivity index (χ4n) is 2.09. The van der Waals surface area contributed by atoms with Crippen molar-refractivity contribution in [3.05, 3.63) is 16.1 Å². The maximum Gasteiger partial charge on any atom is 0.125 e. The molecular weight excluding hydrogens is 238 g/mol. The van der Waals surface area contributed by atoms with E-state index in [1.165, 1.54) is 0 Å². The highest BCUT2D eigenvalue weighted by Crippen LogP contribution is 2.39. The van der Waals surface area contributed by atoms with Gasteiger partial charge in [-0.25, -0.2) is 4.98 Å². The van der Waals surface area contributed by atoms with E-state index in [1.54, 1.807) is 24.5 Å². The minimum absolute atomic E-state index is 0.301. The molecule has 0 saturated carbocycles. The minimum Gasteiger partial charge on any atom is -0.388 e. The summed E-state index contributed by atoms with van der Waals surface area (Å²) in [5, 5.41) is 10.5. The zero-order valence-electron chi connectivity index (χ0n) is 10.3. The SMILES string of the molecule is CCOC1(c2ncc(C(C)O)s2)CCOCC1. The Morgan fingerprint density at radius 3 is 2.82 bits per heavy atom. The molecule has 0 aliphatic carbocycles. The Morgan fingerprint density at radius 1 is 1.59 bits per heavy atom. The highest BCUT2D eigenvalue weighted by Gasteiger charge is 2.38. The van der Waals surface area contributed by atoms with Gasteiger partial charge in [-0.1, -0.05) is 0 Å². The fourth-order valence-corrected chi connectivity index (χ4v) is 3.14. The number of rotatable bonds is 4. The molecule has 1 saturated heterocycles. The summed E-state index contributed by atoms with van der Waals surface area (Å²) < 4.78 is 11.3. The van der Waals surface area contributed by atoms with E-state index in [9.17, 15) is 5.11 Å². The van der Waals surface area contributed by atoms with E-state index < -0.39 is 6.10 Å². The molecule has 1 aromatic heterocycles. The average Bonchev–Trinajstić information content (AvgIpc) is 2.80. The molecule has 1 atom stereocenters. The summed E-state index contributed by atoms with van der Waals surface area (Å²) >= 11 is 1.54. The van der Waals surface area contributed by atoms with Gasteiger partial charge in [0.2, 0.25) is 0 Å². The molecule has 1 aliphatic rings. The summed E-state index contributed by atoms with van der Waals surface area (Å²) in [5.41, 5.74) is -0.301. The van der Waals surface area contributed by atoms with Gasteiger partial charge in [0.15, 0.2) is 0 Å². The number of hydrogen-bond acceptors (Lipinski definition) is 5. The second-order valence-corrected chi connectivity index (χ2v) is 5.35. The van der Waals surface area contributed by atoms with Crippen molar-refractivity contribution in [1.29, 1.82) is 0 Å². The molecule has 0 spiro atoms. The molecule has 1 fully saturated rings. The maximum atomic E-state index is 9.55. The van der Waals surface area contributed by atoms with Crippen LogP contribution in [0.1, 0.15) is 42.7 Å². The predicted molar refractivity (Wildman–Crippen MR) is 66.1 cm³/mol.